The van der Waals surface area contributed by atoms with Crippen molar-refractivity contribution < 1.29 is 41.2 Å². The predicted molar refractivity (Wildman–Crippen MR) is 138 cm³/mol. The van der Waals surface area contributed by atoms with Gasteiger partial charge in [-0.05, 0) is 55.2 Å². The average Bonchev–Trinajstić information content (AvgIpc) is 2.86. The van der Waals surface area contributed by atoms with Crippen LogP contribution < -0.4 is 10.5 Å². The average molecular weight is 578 g/mol. The molecule has 0 bridgehead atoms. The fourth-order valence-electron chi connectivity index (χ4n) is 3.58. The first-order valence-electron chi connectivity index (χ1n) is 11.7. The molecule has 1 aliphatic rings. The van der Waals surface area contributed by atoms with Gasteiger partial charge < -0.3 is 20.3 Å². The molecule has 3 rings (SSSR count). The molecule has 0 saturated heterocycles. The maximum atomic E-state index is 13.7. The Morgan fingerprint density at radius 3 is 2.50 bits per heavy atom. The van der Waals surface area contributed by atoms with Gasteiger partial charge in [-0.2, -0.15) is 18.3 Å². The lowest BCUT2D eigenvalue weighted by molar-refractivity contribution is -0.139. The second kappa shape index (κ2) is 13.7. The third kappa shape index (κ3) is 9.79. The number of nitrogens with two attached hydrogens (primary N) is 1. The van der Waals surface area contributed by atoms with Crippen molar-refractivity contribution in [3.8, 4) is 5.75 Å². The summed E-state index contributed by atoms with van der Waals surface area (Å²) in [6, 6.07) is 9.15. The summed E-state index contributed by atoms with van der Waals surface area (Å²) in [6.07, 6.45) is -0.874. The highest BCUT2D eigenvalue weighted by Gasteiger charge is 2.35. The smallest absolute Gasteiger partial charge is 0.469 e. The van der Waals surface area contributed by atoms with Crippen molar-refractivity contribution in [3.63, 3.8) is 0 Å². The number of nitrogens with zero attached hydrogens (tertiary/aromatic N) is 2. The van der Waals surface area contributed by atoms with E-state index in [2.05, 4.69) is 14.7 Å². The van der Waals surface area contributed by atoms with E-state index in [-0.39, 0.29) is 34.5 Å². The van der Waals surface area contributed by atoms with Crippen molar-refractivity contribution >= 4 is 30.3 Å². The summed E-state index contributed by atoms with van der Waals surface area (Å²) < 4.78 is 75.0. The van der Waals surface area contributed by atoms with Crippen LogP contribution in [0.3, 0.4) is 0 Å². The van der Waals surface area contributed by atoms with Crippen LogP contribution in [0.15, 0.2) is 52.7 Å². The maximum Gasteiger partial charge on any atom is 0.469 e. The van der Waals surface area contributed by atoms with Gasteiger partial charge in [0.2, 0.25) is 0 Å². The Labute approximate surface area is 221 Å². The molecule has 0 aliphatic carbocycles. The first kappa shape index (κ1) is 30.3. The van der Waals surface area contributed by atoms with Crippen molar-refractivity contribution in [1.29, 1.82) is 0 Å². The Morgan fingerprint density at radius 1 is 1.08 bits per heavy atom. The SMILES string of the molecule is NC(COP(=O)(O)O)C1=NN=C(c2ccc(OCCCCCCc3cccc(F)c3)c(C(F)(F)F)c2)SC1. The number of hydrogen-bond acceptors (Lipinski definition) is 7. The van der Waals surface area contributed by atoms with E-state index in [4.69, 9.17) is 20.3 Å². The maximum absolute atomic E-state index is 13.7. The fraction of sp³-hybridized carbons (Fsp3) is 0.417. The van der Waals surface area contributed by atoms with Crippen LogP contribution in [-0.2, 0) is 21.7 Å². The molecule has 14 heteroatoms. The number of phosphoric acid groups is 1. The molecule has 0 fully saturated rings. The topological polar surface area (TPSA) is 127 Å². The van der Waals surface area contributed by atoms with Gasteiger partial charge in [-0.3, -0.25) is 4.52 Å². The van der Waals surface area contributed by atoms with E-state index in [1.54, 1.807) is 6.07 Å². The molecule has 1 aliphatic heterocycles. The largest absolute Gasteiger partial charge is 0.493 e. The molecule has 0 spiro atoms. The zero-order valence-electron chi connectivity index (χ0n) is 20.2. The predicted octanol–water partition coefficient (Wildman–Crippen LogP) is 5.31. The van der Waals surface area contributed by atoms with Crippen molar-refractivity contribution in [2.75, 3.05) is 19.0 Å². The quantitative estimate of drug-likeness (QED) is 0.167. The molecular formula is C24H28F4N3O5PS. The summed E-state index contributed by atoms with van der Waals surface area (Å²) in [6.45, 7) is -0.355. The van der Waals surface area contributed by atoms with Gasteiger partial charge in [0.15, 0.2) is 0 Å². The molecule has 1 heterocycles. The van der Waals surface area contributed by atoms with Crippen LogP contribution in [0.25, 0.3) is 0 Å². The number of alkyl halides is 3. The van der Waals surface area contributed by atoms with Crippen molar-refractivity contribution in [3.05, 3.63) is 65.0 Å². The van der Waals surface area contributed by atoms with E-state index in [0.29, 0.717) is 12.1 Å². The van der Waals surface area contributed by atoms with Crippen molar-refractivity contribution in [2.45, 2.75) is 44.3 Å². The Kier molecular flexibility index (Phi) is 10.9. The molecule has 8 nitrogen and oxygen atoms in total. The minimum absolute atomic E-state index is 0.125. The zero-order valence-corrected chi connectivity index (χ0v) is 21.9. The second-order valence-corrected chi connectivity index (χ2v) is 10.7. The minimum atomic E-state index is -4.69. The summed E-state index contributed by atoms with van der Waals surface area (Å²) in [5.74, 6) is -0.379. The lowest BCUT2D eigenvalue weighted by Gasteiger charge is -2.19. The Hall–Kier alpha value is -2.28. The molecule has 2 aromatic rings. The van der Waals surface area contributed by atoms with Gasteiger partial charge in [-0.1, -0.05) is 36.7 Å². The van der Waals surface area contributed by atoms with Gasteiger partial charge in [-0.25, -0.2) is 8.96 Å². The number of thioether (sulfide) groups is 1. The van der Waals surface area contributed by atoms with Crippen molar-refractivity contribution in [1.82, 2.24) is 0 Å². The summed E-state index contributed by atoms with van der Waals surface area (Å²) in [5.41, 5.74) is 6.28. The van der Waals surface area contributed by atoms with Gasteiger partial charge in [0.05, 0.1) is 30.5 Å². The van der Waals surface area contributed by atoms with Gasteiger partial charge >= 0.3 is 14.0 Å². The molecule has 4 N–H and O–H groups in total. The molecule has 1 unspecified atom stereocenters. The second-order valence-electron chi connectivity index (χ2n) is 8.53. The number of halogens is 4. The lowest BCUT2D eigenvalue weighted by atomic mass is 10.1. The molecule has 0 aromatic heterocycles. The summed E-state index contributed by atoms with van der Waals surface area (Å²) in [7, 11) is -4.69. The number of unbranched alkanes of at least 4 members (excludes halogenated alkanes) is 3. The third-order valence-corrected chi connectivity index (χ3v) is 7.03. The van der Waals surface area contributed by atoms with Crippen LogP contribution in [-0.4, -0.2) is 45.6 Å². The monoisotopic (exact) mass is 577 g/mol. The van der Waals surface area contributed by atoms with E-state index in [1.165, 1.54) is 24.3 Å². The molecule has 2 aromatic carbocycles. The van der Waals surface area contributed by atoms with E-state index < -0.39 is 32.2 Å². The van der Waals surface area contributed by atoms with Crippen molar-refractivity contribution in [2.24, 2.45) is 15.9 Å². The lowest BCUT2D eigenvalue weighted by Crippen LogP contribution is -2.37. The molecule has 208 valence electrons. The van der Waals surface area contributed by atoms with Crippen LogP contribution in [0.1, 0.15) is 42.4 Å². The van der Waals surface area contributed by atoms with Gasteiger partial charge in [-0.15, -0.1) is 5.10 Å². The molecular weight excluding hydrogens is 549 g/mol. The first-order chi connectivity index (χ1) is 17.9. The minimum Gasteiger partial charge on any atom is -0.493 e. The van der Waals surface area contributed by atoms with Crippen LogP contribution >= 0.6 is 19.6 Å². The highest BCUT2D eigenvalue weighted by Crippen LogP contribution is 2.38. The van der Waals surface area contributed by atoms with Gasteiger partial charge in [0.1, 0.15) is 16.6 Å². The Morgan fingerprint density at radius 2 is 1.84 bits per heavy atom. The number of hydrogen-bond donors (Lipinski definition) is 3. The number of aryl methyl sites for hydroxylation is 1. The molecule has 38 heavy (non-hydrogen) atoms. The molecule has 0 radical (unpaired) electrons. The van der Waals surface area contributed by atoms with Crippen LogP contribution in [0, 0.1) is 5.82 Å². The standard InChI is InChI=1S/C24H28F4N3O5PS/c25-18-8-5-7-16(12-18)6-3-1-2-4-11-35-22-10-9-17(13-19(22)24(26,27)28)23-31-30-21(15-38-23)20(29)14-36-37(32,33)34/h5,7-10,12-13,20H,1-4,6,11,14-15,29H2,(H2,32,33,34). The van der Waals surface area contributed by atoms with Crippen LogP contribution in [0.5, 0.6) is 5.75 Å². The third-order valence-electron chi connectivity index (χ3n) is 5.51. The van der Waals surface area contributed by atoms with E-state index in [1.807, 2.05) is 6.07 Å². The zero-order chi connectivity index (χ0) is 27.8. The first-order valence-corrected chi connectivity index (χ1v) is 14.3. The van der Waals surface area contributed by atoms with E-state index >= 15 is 0 Å². The summed E-state index contributed by atoms with van der Waals surface area (Å²) in [5, 5.41) is 8.09. The van der Waals surface area contributed by atoms with Gasteiger partial charge in [0.25, 0.3) is 0 Å². The van der Waals surface area contributed by atoms with E-state index in [0.717, 1.165) is 49.1 Å². The number of ether oxygens (including phenoxy) is 1. The number of phosphoric ester groups is 1. The number of rotatable bonds is 13. The van der Waals surface area contributed by atoms with Crippen LogP contribution in [0.2, 0.25) is 0 Å². The molecule has 0 amide bonds. The highest BCUT2D eigenvalue weighted by atomic mass is 32.2. The highest BCUT2D eigenvalue weighted by molar-refractivity contribution is 8.15. The van der Waals surface area contributed by atoms with E-state index in [9.17, 15) is 22.1 Å². The van der Waals surface area contributed by atoms with Gasteiger partial charge in [0, 0.05) is 11.3 Å². The fourth-order valence-corrected chi connectivity index (χ4v) is 4.88. The Bertz CT molecular complexity index is 1210. The Balaban J connectivity index is 1.54. The normalized spacial score (nSPS) is 15.1. The molecule has 1 atom stereocenters. The summed E-state index contributed by atoms with van der Waals surface area (Å²) in [4.78, 5) is 17.5. The number of benzene rings is 2. The molecule has 0 saturated carbocycles. The summed E-state index contributed by atoms with van der Waals surface area (Å²) >= 11 is 1.10. The van der Waals surface area contributed by atoms with Crippen LogP contribution in [0.4, 0.5) is 17.6 Å².